The van der Waals surface area contributed by atoms with Gasteiger partial charge in [0, 0.05) is 19.6 Å². The number of carbonyl (C=O) groups is 1. The average Bonchev–Trinajstić information content (AvgIpc) is 2.40. The van der Waals surface area contributed by atoms with Gasteiger partial charge in [-0.1, -0.05) is 0 Å². The Morgan fingerprint density at radius 3 is 2.57 bits per heavy atom. The summed E-state index contributed by atoms with van der Waals surface area (Å²) < 4.78 is 26.5. The summed E-state index contributed by atoms with van der Waals surface area (Å²) in [6.45, 7) is 4.97. The molecular formula is C13H15F2N3O3. The van der Waals surface area contributed by atoms with Crippen LogP contribution in [0.2, 0.25) is 0 Å². The van der Waals surface area contributed by atoms with Gasteiger partial charge in [0.25, 0.3) is 11.6 Å². The summed E-state index contributed by atoms with van der Waals surface area (Å²) in [5.74, 6) is -3.30. The average molecular weight is 299 g/mol. The lowest BCUT2D eigenvalue weighted by atomic mass is 9.98. The van der Waals surface area contributed by atoms with E-state index in [1.807, 2.05) is 0 Å². The van der Waals surface area contributed by atoms with E-state index in [0.717, 1.165) is 0 Å². The van der Waals surface area contributed by atoms with E-state index in [2.05, 4.69) is 5.32 Å². The van der Waals surface area contributed by atoms with Crippen molar-refractivity contribution in [2.24, 2.45) is 0 Å². The third-order valence-corrected chi connectivity index (χ3v) is 3.51. The molecule has 1 N–H and O–H groups in total. The van der Waals surface area contributed by atoms with Crippen LogP contribution in [0.25, 0.3) is 0 Å². The summed E-state index contributed by atoms with van der Waals surface area (Å²) in [5, 5.41) is 14.1. The summed E-state index contributed by atoms with van der Waals surface area (Å²) in [6, 6.07) is 1.03. The van der Waals surface area contributed by atoms with Crippen LogP contribution in [-0.2, 0) is 0 Å². The Labute approximate surface area is 119 Å². The van der Waals surface area contributed by atoms with Gasteiger partial charge < -0.3 is 10.2 Å². The van der Waals surface area contributed by atoms with Crippen LogP contribution in [0.5, 0.6) is 0 Å². The zero-order valence-corrected chi connectivity index (χ0v) is 11.7. The van der Waals surface area contributed by atoms with Gasteiger partial charge in [0.05, 0.1) is 16.5 Å². The fourth-order valence-electron chi connectivity index (χ4n) is 2.36. The Morgan fingerprint density at radius 2 is 2.00 bits per heavy atom. The minimum absolute atomic E-state index is 0.335. The fourth-order valence-corrected chi connectivity index (χ4v) is 2.36. The number of carbonyl (C=O) groups excluding carboxylic acids is 1. The molecule has 8 heteroatoms. The van der Waals surface area contributed by atoms with Crippen molar-refractivity contribution in [1.29, 1.82) is 0 Å². The van der Waals surface area contributed by atoms with Gasteiger partial charge in [-0.05, 0) is 19.9 Å². The number of nitro benzene ring substituents is 1. The van der Waals surface area contributed by atoms with Crippen molar-refractivity contribution in [3.63, 3.8) is 0 Å². The van der Waals surface area contributed by atoms with Gasteiger partial charge in [0.1, 0.15) is 5.56 Å². The minimum Gasteiger partial charge on any atom is -0.331 e. The van der Waals surface area contributed by atoms with E-state index >= 15 is 0 Å². The highest BCUT2D eigenvalue weighted by molar-refractivity contribution is 5.98. The first-order valence-electron chi connectivity index (χ1n) is 6.40. The Kier molecular flexibility index (Phi) is 3.91. The summed E-state index contributed by atoms with van der Waals surface area (Å²) in [5.41, 5.74) is -1.74. The maximum atomic E-state index is 13.4. The van der Waals surface area contributed by atoms with Crippen LogP contribution < -0.4 is 5.32 Å². The number of rotatable bonds is 2. The molecule has 0 aromatic heterocycles. The highest BCUT2D eigenvalue weighted by atomic mass is 19.2. The van der Waals surface area contributed by atoms with Crippen LogP contribution in [0, 0.1) is 21.7 Å². The first kappa shape index (κ1) is 15.3. The second-order valence-electron chi connectivity index (χ2n) is 5.49. The summed E-state index contributed by atoms with van der Waals surface area (Å²) in [7, 11) is 0. The van der Waals surface area contributed by atoms with Gasteiger partial charge in [-0.3, -0.25) is 14.9 Å². The third kappa shape index (κ3) is 2.85. The van der Waals surface area contributed by atoms with Gasteiger partial charge in [-0.15, -0.1) is 0 Å². The number of nitrogens with one attached hydrogen (secondary N) is 1. The number of hydrogen-bond donors (Lipinski definition) is 1. The Morgan fingerprint density at radius 1 is 1.38 bits per heavy atom. The molecule has 2 rings (SSSR count). The largest absolute Gasteiger partial charge is 0.331 e. The number of hydrogen-bond acceptors (Lipinski definition) is 4. The molecule has 1 aromatic rings. The fraction of sp³-hybridized carbons (Fsp3) is 0.462. The quantitative estimate of drug-likeness (QED) is 0.666. The number of nitrogens with zero attached hydrogens (tertiary/aromatic N) is 2. The molecule has 1 saturated heterocycles. The Hall–Kier alpha value is -2.09. The van der Waals surface area contributed by atoms with Crippen molar-refractivity contribution in [1.82, 2.24) is 10.2 Å². The normalized spacial score (nSPS) is 17.6. The second kappa shape index (κ2) is 5.36. The minimum atomic E-state index is -1.35. The van der Waals surface area contributed by atoms with Crippen LogP contribution in [0.4, 0.5) is 14.5 Å². The first-order chi connectivity index (χ1) is 9.74. The molecule has 21 heavy (non-hydrogen) atoms. The maximum absolute atomic E-state index is 13.4. The van der Waals surface area contributed by atoms with E-state index in [4.69, 9.17) is 0 Å². The Balaban J connectivity index is 2.47. The predicted octanol–water partition coefficient (Wildman–Crippen LogP) is 1.70. The number of benzene rings is 1. The zero-order chi connectivity index (χ0) is 15.8. The van der Waals surface area contributed by atoms with Gasteiger partial charge in [0.15, 0.2) is 11.6 Å². The molecule has 0 unspecified atom stereocenters. The van der Waals surface area contributed by atoms with E-state index in [1.165, 1.54) is 4.90 Å². The van der Waals surface area contributed by atoms with Crippen molar-refractivity contribution in [3.05, 3.63) is 39.4 Å². The van der Waals surface area contributed by atoms with Crippen molar-refractivity contribution < 1.29 is 18.5 Å². The molecule has 6 nitrogen and oxygen atoms in total. The molecule has 0 bridgehead atoms. The van der Waals surface area contributed by atoms with Crippen LogP contribution >= 0.6 is 0 Å². The van der Waals surface area contributed by atoms with Crippen LogP contribution in [-0.4, -0.2) is 40.9 Å². The highest BCUT2D eigenvalue weighted by Gasteiger charge is 2.36. The number of amides is 1. The molecule has 1 aliphatic heterocycles. The lowest BCUT2D eigenvalue weighted by Gasteiger charge is -2.42. The summed E-state index contributed by atoms with van der Waals surface area (Å²) in [6.07, 6.45) is 0. The molecule has 0 atom stereocenters. The number of halogens is 2. The van der Waals surface area contributed by atoms with E-state index in [0.29, 0.717) is 31.8 Å². The van der Waals surface area contributed by atoms with Crippen LogP contribution in [0.3, 0.4) is 0 Å². The molecule has 1 aliphatic rings. The van der Waals surface area contributed by atoms with Crippen LogP contribution in [0.15, 0.2) is 12.1 Å². The number of nitro groups is 1. The third-order valence-electron chi connectivity index (χ3n) is 3.51. The molecule has 0 saturated carbocycles. The van der Waals surface area contributed by atoms with Gasteiger partial charge in [-0.25, -0.2) is 8.78 Å². The molecular weight excluding hydrogens is 284 g/mol. The second-order valence-corrected chi connectivity index (χ2v) is 5.49. The molecule has 0 spiro atoms. The van der Waals surface area contributed by atoms with E-state index in [1.54, 1.807) is 13.8 Å². The molecule has 1 aromatic carbocycles. The monoisotopic (exact) mass is 299 g/mol. The molecule has 0 aliphatic carbocycles. The van der Waals surface area contributed by atoms with Gasteiger partial charge >= 0.3 is 0 Å². The van der Waals surface area contributed by atoms with Crippen molar-refractivity contribution in [2.45, 2.75) is 19.4 Å². The van der Waals surface area contributed by atoms with E-state index < -0.39 is 39.3 Å². The standard InChI is InChI=1S/C13H15F2N3O3/c1-13(2)7-16-3-4-17(13)12(19)8-5-9(14)10(15)6-11(8)18(20)21/h5-6,16H,3-4,7H2,1-2H3. The SMILES string of the molecule is CC1(C)CNCCN1C(=O)c1cc(F)c(F)cc1[N+](=O)[O-]. The van der Waals surface area contributed by atoms with E-state index in [-0.39, 0.29) is 0 Å². The lowest BCUT2D eigenvalue weighted by molar-refractivity contribution is -0.385. The molecule has 0 radical (unpaired) electrons. The van der Waals surface area contributed by atoms with Gasteiger partial charge in [0.2, 0.25) is 0 Å². The predicted molar refractivity (Wildman–Crippen MR) is 71.0 cm³/mol. The first-order valence-corrected chi connectivity index (χ1v) is 6.40. The lowest BCUT2D eigenvalue weighted by Crippen LogP contribution is -2.59. The smallest absolute Gasteiger partial charge is 0.285 e. The summed E-state index contributed by atoms with van der Waals surface area (Å²) >= 11 is 0. The maximum Gasteiger partial charge on any atom is 0.285 e. The summed E-state index contributed by atoms with van der Waals surface area (Å²) in [4.78, 5) is 24.0. The molecule has 1 fully saturated rings. The zero-order valence-electron chi connectivity index (χ0n) is 11.7. The molecule has 1 amide bonds. The highest BCUT2D eigenvalue weighted by Crippen LogP contribution is 2.27. The van der Waals surface area contributed by atoms with Crippen molar-refractivity contribution in [3.8, 4) is 0 Å². The van der Waals surface area contributed by atoms with E-state index in [9.17, 15) is 23.7 Å². The van der Waals surface area contributed by atoms with Crippen molar-refractivity contribution >= 4 is 11.6 Å². The van der Waals surface area contributed by atoms with Gasteiger partial charge in [-0.2, -0.15) is 0 Å². The van der Waals surface area contributed by atoms with Crippen molar-refractivity contribution in [2.75, 3.05) is 19.6 Å². The Bertz CT molecular complexity index is 605. The number of piperazine rings is 1. The molecule has 114 valence electrons. The topological polar surface area (TPSA) is 75.5 Å². The van der Waals surface area contributed by atoms with Crippen LogP contribution in [0.1, 0.15) is 24.2 Å². The molecule has 1 heterocycles.